The molecule has 0 saturated heterocycles. The van der Waals surface area contributed by atoms with Crippen LogP contribution in [0, 0.1) is 15.9 Å². The van der Waals surface area contributed by atoms with Gasteiger partial charge in [-0.2, -0.15) is 0 Å². The predicted octanol–water partition coefficient (Wildman–Crippen LogP) is 3.45. The summed E-state index contributed by atoms with van der Waals surface area (Å²) in [6.07, 6.45) is 1.29. The highest BCUT2D eigenvalue weighted by Crippen LogP contribution is 2.29. The molecule has 0 radical (unpaired) electrons. The van der Waals surface area contributed by atoms with E-state index < -0.39 is 10.7 Å². The SMILES string of the molecule is O=[N+]([O-])c1cc(Cl)cnc1-c1cccc(F)c1. The molecule has 2 aromatic rings. The maximum atomic E-state index is 13.0. The average molecular weight is 253 g/mol. The zero-order valence-electron chi connectivity index (χ0n) is 8.43. The van der Waals surface area contributed by atoms with Gasteiger partial charge in [0.1, 0.15) is 11.5 Å². The van der Waals surface area contributed by atoms with Crippen molar-refractivity contribution in [3.63, 3.8) is 0 Å². The number of rotatable bonds is 2. The highest BCUT2D eigenvalue weighted by atomic mass is 35.5. The van der Waals surface area contributed by atoms with E-state index in [1.807, 2.05) is 0 Å². The van der Waals surface area contributed by atoms with Crippen LogP contribution in [0.2, 0.25) is 5.02 Å². The Morgan fingerprint density at radius 3 is 2.76 bits per heavy atom. The van der Waals surface area contributed by atoms with E-state index in [0.29, 0.717) is 5.56 Å². The number of hydrogen-bond acceptors (Lipinski definition) is 3. The van der Waals surface area contributed by atoms with E-state index in [0.717, 1.165) is 0 Å². The Hall–Kier alpha value is -2.01. The van der Waals surface area contributed by atoms with E-state index >= 15 is 0 Å². The van der Waals surface area contributed by atoms with Gasteiger partial charge in [0.05, 0.1) is 9.95 Å². The number of nitrogens with zero attached hydrogens (tertiary/aromatic N) is 2. The van der Waals surface area contributed by atoms with Crippen molar-refractivity contribution >= 4 is 17.3 Å². The number of halogens is 2. The summed E-state index contributed by atoms with van der Waals surface area (Å²) in [5.74, 6) is -0.478. The lowest BCUT2D eigenvalue weighted by atomic mass is 10.1. The number of nitro groups is 1. The molecule has 0 atom stereocenters. The van der Waals surface area contributed by atoms with Gasteiger partial charge in [0.15, 0.2) is 0 Å². The van der Waals surface area contributed by atoms with Crippen LogP contribution in [0.3, 0.4) is 0 Å². The average Bonchev–Trinajstić information content (AvgIpc) is 2.28. The Morgan fingerprint density at radius 1 is 1.35 bits per heavy atom. The van der Waals surface area contributed by atoms with Gasteiger partial charge in [-0.05, 0) is 12.1 Å². The first-order chi connectivity index (χ1) is 8.08. The van der Waals surface area contributed by atoms with Crippen molar-refractivity contribution in [3.05, 3.63) is 57.5 Å². The van der Waals surface area contributed by atoms with Crippen molar-refractivity contribution in [1.29, 1.82) is 0 Å². The molecule has 17 heavy (non-hydrogen) atoms. The highest BCUT2D eigenvalue weighted by molar-refractivity contribution is 6.30. The molecule has 1 heterocycles. The third kappa shape index (κ3) is 2.39. The molecule has 0 aliphatic rings. The van der Waals surface area contributed by atoms with E-state index in [-0.39, 0.29) is 16.4 Å². The van der Waals surface area contributed by atoms with E-state index in [1.165, 1.54) is 30.5 Å². The number of aromatic nitrogens is 1. The molecule has 0 bridgehead atoms. The fraction of sp³-hybridized carbons (Fsp3) is 0. The van der Waals surface area contributed by atoms with Gasteiger partial charge in [0.2, 0.25) is 0 Å². The minimum absolute atomic E-state index is 0.0962. The maximum absolute atomic E-state index is 13.0. The Balaban J connectivity index is 2.63. The summed E-state index contributed by atoms with van der Waals surface area (Å²) in [6.45, 7) is 0. The molecule has 0 fully saturated rings. The van der Waals surface area contributed by atoms with Crippen molar-refractivity contribution in [2.24, 2.45) is 0 Å². The van der Waals surface area contributed by atoms with Crippen molar-refractivity contribution in [1.82, 2.24) is 4.98 Å². The van der Waals surface area contributed by atoms with Crippen molar-refractivity contribution in [2.45, 2.75) is 0 Å². The Labute approximate surface area is 101 Å². The first-order valence-electron chi connectivity index (χ1n) is 4.64. The van der Waals surface area contributed by atoms with E-state index in [2.05, 4.69) is 4.98 Å². The van der Waals surface area contributed by atoms with Crippen molar-refractivity contribution in [3.8, 4) is 11.3 Å². The molecule has 4 nitrogen and oxygen atoms in total. The van der Waals surface area contributed by atoms with Crippen LogP contribution in [0.5, 0.6) is 0 Å². The van der Waals surface area contributed by atoms with Gasteiger partial charge in [0, 0.05) is 17.8 Å². The summed E-state index contributed by atoms with van der Waals surface area (Å²) in [5.41, 5.74) is 0.190. The molecule has 0 amide bonds. The second kappa shape index (κ2) is 4.47. The molecule has 0 aliphatic carbocycles. The maximum Gasteiger partial charge on any atom is 0.296 e. The summed E-state index contributed by atoms with van der Waals surface area (Å²) >= 11 is 5.64. The van der Waals surface area contributed by atoms with Crippen molar-refractivity contribution in [2.75, 3.05) is 0 Å². The zero-order valence-corrected chi connectivity index (χ0v) is 9.19. The topological polar surface area (TPSA) is 56.0 Å². The van der Waals surface area contributed by atoms with Crippen LogP contribution in [0.25, 0.3) is 11.3 Å². The summed E-state index contributed by atoms with van der Waals surface area (Å²) in [6, 6.07) is 6.64. The Morgan fingerprint density at radius 2 is 2.12 bits per heavy atom. The monoisotopic (exact) mass is 252 g/mol. The summed E-state index contributed by atoms with van der Waals surface area (Å²) in [4.78, 5) is 14.1. The second-order valence-corrected chi connectivity index (χ2v) is 3.73. The van der Waals surface area contributed by atoms with Crippen molar-refractivity contribution < 1.29 is 9.31 Å². The van der Waals surface area contributed by atoms with Gasteiger partial charge in [-0.25, -0.2) is 9.37 Å². The molecule has 0 unspecified atom stereocenters. The summed E-state index contributed by atoms with van der Waals surface area (Å²) in [5, 5.41) is 11.0. The van der Waals surface area contributed by atoms with Crippen LogP contribution < -0.4 is 0 Å². The molecular weight excluding hydrogens is 247 g/mol. The van der Waals surface area contributed by atoms with Crippen LogP contribution >= 0.6 is 11.6 Å². The largest absolute Gasteiger partial charge is 0.296 e. The molecule has 86 valence electrons. The molecule has 0 N–H and O–H groups in total. The molecule has 2 rings (SSSR count). The third-order valence-electron chi connectivity index (χ3n) is 2.13. The second-order valence-electron chi connectivity index (χ2n) is 3.29. The number of benzene rings is 1. The number of hydrogen-bond donors (Lipinski definition) is 0. The lowest BCUT2D eigenvalue weighted by Crippen LogP contribution is -1.95. The molecule has 1 aromatic carbocycles. The van der Waals surface area contributed by atoms with Crippen LogP contribution in [0.1, 0.15) is 0 Å². The van der Waals surface area contributed by atoms with Crippen LogP contribution in [0.4, 0.5) is 10.1 Å². The molecule has 0 spiro atoms. The molecule has 6 heteroatoms. The van der Waals surface area contributed by atoms with E-state index in [1.54, 1.807) is 6.07 Å². The van der Waals surface area contributed by atoms with Gasteiger partial charge < -0.3 is 0 Å². The Kier molecular flexibility index (Phi) is 3.01. The predicted molar refractivity (Wildman–Crippen MR) is 61.3 cm³/mol. The third-order valence-corrected chi connectivity index (χ3v) is 2.34. The van der Waals surface area contributed by atoms with Gasteiger partial charge in [-0.3, -0.25) is 10.1 Å². The lowest BCUT2D eigenvalue weighted by molar-refractivity contribution is -0.384. The first kappa shape index (κ1) is 11.5. The van der Waals surface area contributed by atoms with Crippen LogP contribution in [-0.4, -0.2) is 9.91 Å². The van der Waals surface area contributed by atoms with Gasteiger partial charge in [-0.1, -0.05) is 23.7 Å². The van der Waals surface area contributed by atoms with Crippen LogP contribution in [0.15, 0.2) is 36.5 Å². The molecule has 0 aliphatic heterocycles. The first-order valence-corrected chi connectivity index (χ1v) is 5.01. The lowest BCUT2D eigenvalue weighted by Gasteiger charge is -2.02. The molecular formula is C11H6ClFN2O2. The molecule has 1 aromatic heterocycles. The van der Waals surface area contributed by atoms with Gasteiger partial charge in [0.25, 0.3) is 5.69 Å². The van der Waals surface area contributed by atoms with Gasteiger partial charge in [-0.15, -0.1) is 0 Å². The summed E-state index contributed by atoms with van der Waals surface area (Å²) in [7, 11) is 0. The van der Waals surface area contributed by atoms with E-state index in [9.17, 15) is 14.5 Å². The highest BCUT2D eigenvalue weighted by Gasteiger charge is 2.17. The fourth-order valence-corrected chi connectivity index (χ4v) is 1.58. The smallest absolute Gasteiger partial charge is 0.258 e. The van der Waals surface area contributed by atoms with Gasteiger partial charge >= 0.3 is 0 Å². The zero-order chi connectivity index (χ0) is 12.4. The standard InChI is InChI=1S/C11H6ClFN2O2/c12-8-5-10(15(16)17)11(14-6-8)7-2-1-3-9(13)4-7/h1-6H. The normalized spacial score (nSPS) is 10.2. The fourth-order valence-electron chi connectivity index (χ4n) is 1.43. The Bertz CT molecular complexity index is 589. The van der Waals surface area contributed by atoms with Crippen LogP contribution in [-0.2, 0) is 0 Å². The minimum atomic E-state index is -0.598. The molecule has 0 saturated carbocycles. The van der Waals surface area contributed by atoms with E-state index in [4.69, 9.17) is 11.6 Å². The quantitative estimate of drug-likeness (QED) is 0.608. The summed E-state index contributed by atoms with van der Waals surface area (Å²) < 4.78 is 13.0. The number of pyridine rings is 1. The minimum Gasteiger partial charge on any atom is -0.258 e.